The van der Waals surface area contributed by atoms with E-state index in [1.807, 2.05) is 12.1 Å². The Bertz CT molecular complexity index is 1580. The Morgan fingerprint density at radius 1 is 1.09 bits per heavy atom. The van der Waals surface area contributed by atoms with Gasteiger partial charge in [-0.2, -0.15) is 5.10 Å². The van der Waals surface area contributed by atoms with Gasteiger partial charge < -0.3 is 29.7 Å². The molecular weight excluding hydrogens is 577 g/mol. The van der Waals surface area contributed by atoms with Crippen LogP contribution in [0.5, 0.6) is 11.5 Å². The molecule has 0 saturated carbocycles. The Hall–Kier alpha value is -4.29. The number of piperidine rings is 1. The number of halogens is 1. The van der Waals surface area contributed by atoms with Gasteiger partial charge in [0.25, 0.3) is 0 Å². The monoisotopic (exact) mass is 619 g/mol. The summed E-state index contributed by atoms with van der Waals surface area (Å²) in [4.78, 5) is 23.8. The van der Waals surface area contributed by atoms with Gasteiger partial charge in [-0.3, -0.25) is 9.89 Å². The van der Waals surface area contributed by atoms with Crippen molar-refractivity contribution in [3.8, 4) is 11.5 Å². The summed E-state index contributed by atoms with van der Waals surface area (Å²) < 4.78 is 31.2. The summed E-state index contributed by atoms with van der Waals surface area (Å²) in [6.07, 6.45) is 4.80. The molecule has 1 saturated heterocycles. The van der Waals surface area contributed by atoms with E-state index in [-0.39, 0.29) is 17.9 Å². The fourth-order valence-corrected chi connectivity index (χ4v) is 5.33. The van der Waals surface area contributed by atoms with Gasteiger partial charge in [0.2, 0.25) is 5.91 Å². The van der Waals surface area contributed by atoms with Crippen molar-refractivity contribution in [2.75, 3.05) is 50.6 Å². The number of aromatic amines is 1. The van der Waals surface area contributed by atoms with E-state index in [0.717, 1.165) is 50.9 Å². The van der Waals surface area contributed by atoms with E-state index in [2.05, 4.69) is 56.5 Å². The number of ether oxygens (including phenoxy) is 3. The predicted octanol–water partition coefficient (Wildman–Crippen LogP) is 5.72. The van der Waals surface area contributed by atoms with E-state index < -0.39 is 5.82 Å². The molecule has 12 heteroatoms. The molecule has 1 aliphatic rings. The minimum Gasteiger partial charge on any atom is -0.493 e. The number of benzene rings is 2. The van der Waals surface area contributed by atoms with Crippen LogP contribution >= 0.6 is 0 Å². The van der Waals surface area contributed by atoms with Gasteiger partial charge in [0.15, 0.2) is 17.3 Å². The number of methoxy groups -OCH3 is 1. The molecule has 11 nitrogen and oxygen atoms in total. The molecule has 0 spiro atoms. The van der Waals surface area contributed by atoms with Crippen LogP contribution in [-0.4, -0.2) is 76.5 Å². The number of hydrogen-bond donors (Lipinski definition) is 3. The lowest BCUT2D eigenvalue weighted by Crippen LogP contribution is -2.37. The zero-order valence-corrected chi connectivity index (χ0v) is 26.4. The molecule has 1 aliphatic heterocycles. The standard InChI is InChI=1S/C33H42FN7O4/c1-33(2,3)45-15-13-41-11-8-22(9-12-41)10-14-44-29-20-27-26(19-28(29)43-4)32(36-21-35-27)38-30-17-25(39-40-30)18-31(42)37-24-7-5-6-23(34)16-24/h5-7,16-17,19-22H,8-15,18H2,1-4H3,(H,37,42)(H2,35,36,38,39,40). The molecule has 3 N–H and O–H groups in total. The smallest absolute Gasteiger partial charge is 0.230 e. The molecule has 2 aromatic carbocycles. The number of amides is 1. The van der Waals surface area contributed by atoms with Gasteiger partial charge in [0, 0.05) is 35.4 Å². The third-order valence-electron chi connectivity index (χ3n) is 7.69. The fraction of sp³-hybridized carbons (Fsp3) is 0.455. The zero-order chi connectivity index (χ0) is 31.8. The van der Waals surface area contributed by atoms with Crippen molar-refractivity contribution in [2.45, 2.75) is 52.1 Å². The summed E-state index contributed by atoms with van der Waals surface area (Å²) in [7, 11) is 1.61. The Morgan fingerprint density at radius 2 is 1.91 bits per heavy atom. The van der Waals surface area contributed by atoms with E-state index in [1.54, 1.807) is 19.2 Å². The quantitative estimate of drug-likeness (QED) is 0.172. The topological polar surface area (TPSA) is 127 Å². The van der Waals surface area contributed by atoms with Crippen molar-refractivity contribution in [3.05, 3.63) is 60.3 Å². The molecule has 45 heavy (non-hydrogen) atoms. The molecule has 2 aromatic heterocycles. The van der Waals surface area contributed by atoms with E-state index in [0.29, 0.717) is 52.6 Å². The van der Waals surface area contributed by atoms with Crippen LogP contribution in [0.4, 0.5) is 21.7 Å². The number of hydrogen-bond acceptors (Lipinski definition) is 9. The third kappa shape index (κ3) is 9.35. The molecule has 1 amide bonds. The van der Waals surface area contributed by atoms with E-state index in [4.69, 9.17) is 14.2 Å². The van der Waals surface area contributed by atoms with Crippen molar-refractivity contribution in [2.24, 2.45) is 5.92 Å². The molecule has 0 aliphatic carbocycles. The molecular formula is C33H42FN7O4. The van der Waals surface area contributed by atoms with Crippen molar-refractivity contribution >= 4 is 34.1 Å². The summed E-state index contributed by atoms with van der Waals surface area (Å²) in [5, 5.41) is 13.7. The molecule has 0 atom stereocenters. The molecule has 5 rings (SSSR count). The predicted molar refractivity (Wildman–Crippen MR) is 172 cm³/mol. The number of anilines is 3. The average Bonchev–Trinajstić information content (AvgIpc) is 3.43. The van der Waals surface area contributed by atoms with Crippen molar-refractivity contribution < 1.29 is 23.4 Å². The largest absolute Gasteiger partial charge is 0.493 e. The van der Waals surface area contributed by atoms with Gasteiger partial charge in [0.1, 0.15) is 18.0 Å². The van der Waals surface area contributed by atoms with Gasteiger partial charge in [-0.1, -0.05) is 6.07 Å². The lowest BCUT2D eigenvalue weighted by molar-refractivity contribution is -0.115. The van der Waals surface area contributed by atoms with E-state index >= 15 is 0 Å². The SMILES string of the molecule is COc1cc2c(Nc3cc(CC(=O)Nc4cccc(F)c4)[nH]n3)ncnc2cc1OCCC1CCN(CCOC(C)(C)C)CC1. The minimum atomic E-state index is -0.418. The van der Waals surface area contributed by atoms with Crippen LogP contribution in [0, 0.1) is 11.7 Å². The highest BCUT2D eigenvalue weighted by molar-refractivity contribution is 5.93. The molecule has 0 unspecified atom stereocenters. The summed E-state index contributed by atoms with van der Waals surface area (Å²) in [5.74, 6) is 2.15. The lowest BCUT2D eigenvalue weighted by Gasteiger charge is -2.32. The maximum atomic E-state index is 13.4. The van der Waals surface area contributed by atoms with Crippen molar-refractivity contribution in [1.82, 2.24) is 25.1 Å². The summed E-state index contributed by atoms with van der Waals surface area (Å²) in [6.45, 7) is 10.8. The highest BCUT2D eigenvalue weighted by Crippen LogP contribution is 2.35. The van der Waals surface area contributed by atoms with Crippen LogP contribution in [0.3, 0.4) is 0 Å². The highest BCUT2D eigenvalue weighted by Gasteiger charge is 2.21. The number of rotatable bonds is 13. The van der Waals surface area contributed by atoms with Gasteiger partial charge >= 0.3 is 0 Å². The van der Waals surface area contributed by atoms with Gasteiger partial charge in [0.05, 0.1) is 37.9 Å². The highest BCUT2D eigenvalue weighted by atomic mass is 19.1. The number of fused-ring (bicyclic) bond motifs is 1. The Morgan fingerprint density at radius 3 is 2.67 bits per heavy atom. The average molecular weight is 620 g/mol. The number of nitrogens with zero attached hydrogens (tertiary/aromatic N) is 4. The molecule has 1 fully saturated rings. The fourth-order valence-electron chi connectivity index (χ4n) is 5.33. The Labute approximate surface area is 262 Å². The lowest BCUT2D eigenvalue weighted by atomic mass is 9.94. The van der Waals surface area contributed by atoms with Crippen LogP contribution in [0.1, 0.15) is 45.7 Å². The maximum absolute atomic E-state index is 13.4. The first-order valence-electron chi connectivity index (χ1n) is 15.3. The van der Waals surface area contributed by atoms with Crippen LogP contribution in [-0.2, 0) is 16.0 Å². The summed E-state index contributed by atoms with van der Waals surface area (Å²) in [5.41, 5.74) is 1.57. The number of carbonyl (C=O) groups excluding carboxylic acids is 1. The molecule has 3 heterocycles. The number of nitrogens with one attached hydrogen (secondary N) is 3. The number of aromatic nitrogens is 4. The first kappa shape index (κ1) is 32.1. The molecule has 0 radical (unpaired) electrons. The normalized spacial score (nSPS) is 14.4. The third-order valence-corrected chi connectivity index (χ3v) is 7.69. The first-order valence-corrected chi connectivity index (χ1v) is 15.3. The molecule has 0 bridgehead atoms. The van der Waals surface area contributed by atoms with E-state index in [9.17, 15) is 9.18 Å². The van der Waals surface area contributed by atoms with Gasteiger partial charge in [-0.25, -0.2) is 14.4 Å². The van der Waals surface area contributed by atoms with Crippen LogP contribution in [0.15, 0.2) is 48.8 Å². The maximum Gasteiger partial charge on any atom is 0.230 e. The number of carbonyl (C=O) groups is 1. The van der Waals surface area contributed by atoms with Crippen LogP contribution in [0.2, 0.25) is 0 Å². The van der Waals surface area contributed by atoms with Crippen LogP contribution in [0.25, 0.3) is 10.9 Å². The second kappa shape index (κ2) is 14.7. The second-order valence-electron chi connectivity index (χ2n) is 12.3. The molecule has 240 valence electrons. The number of H-pyrrole nitrogens is 1. The van der Waals surface area contributed by atoms with Crippen molar-refractivity contribution in [1.29, 1.82) is 0 Å². The van der Waals surface area contributed by atoms with Crippen molar-refractivity contribution in [3.63, 3.8) is 0 Å². The summed E-state index contributed by atoms with van der Waals surface area (Å²) >= 11 is 0. The second-order valence-corrected chi connectivity index (χ2v) is 12.3. The summed E-state index contributed by atoms with van der Waals surface area (Å²) in [6, 6.07) is 11.2. The molecule has 4 aromatic rings. The Balaban J connectivity index is 1.14. The zero-order valence-electron chi connectivity index (χ0n) is 26.4. The number of likely N-dealkylation sites (tertiary alicyclic amines) is 1. The van der Waals surface area contributed by atoms with Crippen LogP contribution < -0.4 is 20.1 Å². The van der Waals surface area contributed by atoms with Gasteiger partial charge in [-0.15, -0.1) is 0 Å². The Kier molecular flexibility index (Phi) is 10.5. The van der Waals surface area contributed by atoms with E-state index in [1.165, 1.54) is 24.5 Å². The minimum absolute atomic E-state index is 0.0375. The first-order chi connectivity index (χ1) is 21.6. The van der Waals surface area contributed by atoms with Gasteiger partial charge in [-0.05, 0) is 83.3 Å².